The third-order valence-electron chi connectivity index (χ3n) is 5.35. The molecular weight excluding hydrogens is 451 g/mol. The topological polar surface area (TPSA) is 94.2 Å². The largest absolute Gasteiger partial charge is 0.496 e. The normalized spacial score (nSPS) is 13.9. The van der Waals surface area contributed by atoms with Gasteiger partial charge in [-0.15, -0.1) is 0 Å². The minimum atomic E-state index is -3.81. The van der Waals surface area contributed by atoms with E-state index in [1.165, 1.54) is 12.1 Å². The molecule has 0 unspecified atom stereocenters. The fourth-order valence-electron chi connectivity index (χ4n) is 3.59. The van der Waals surface area contributed by atoms with Crippen LogP contribution in [0.1, 0.15) is 18.4 Å². The molecule has 0 aliphatic carbocycles. The number of amides is 1. The van der Waals surface area contributed by atoms with Crippen LogP contribution < -0.4 is 18.9 Å². The molecule has 0 fully saturated rings. The van der Waals surface area contributed by atoms with Gasteiger partial charge in [-0.05, 0) is 36.3 Å². The molecule has 1 aliphatic heterocycles. The monoisotopic (exact) mass is 478 g/mol. The van der Waals surface area contributed by atoms with Gasteiger partial charge in [0, 0.05) is 38.2 Å². The minimum absolute atomic E-state index is 0.0127. The lowest BCUT2D eigenvalue weighted by Gasteiger charge is -2.28. The number of hydrogen-bond acceptors (Lipinski definition) is 6. The van der Waals surface area contributed by atoms with E-state index in [1.807, 2.05) is 6.08 Å². The number of ether oxygens (including phenoxy) is 3. The molecule has 3 rings (SSSR count). The summed E-state index contributed by atoms with van der Waals surface area (Å²) in [6, 6.07) is 8.07. The molecular formula is C23H27FN2O6S. The summed E-state index contributed by atoms with van der Waals surface area (Å²) in [5, 5.41) is 0. The SMILES string of the molecule is COc1cc(OC)c(C2=CCN(C(=O)CCNS(=O)(=O)c3ccc(F)cc3)CC2)c(OC)c1. The van der Waals surface area contributed by atoms with Crippen LogP contribution in [0.25, 0.3) is 5.57 Å². The zero-order valence-electron chi connectivity index (χ0n) is 18.8. The van der Waals surface area contributed by atoms with Crippen molar-refractivity contribution in [3.8, 4) is 17.2 Å². The summed E-state index contributed by atoms with van der Waals surface area (Å²) < 4.78 is 56.2. The highest BCUT2D eigenvalue weighted by atomic mass is 32.2. The zero-order valence-corrected chi connectivity index (χ0v) is 19.6. The minimum Gasteiger partial charge on any atom is -0.496 e. The van der Waals surface area contributed by atoms with E-state index in [0.29, 0.717) is 36.8 Å². The molecule has 0 saturated carbocycles. The Morgan fingerprint density at radius 2 is 1.70 bits per heavy atom. The van der Waals surface area contributed by atoms with E-state index in [4.69, 9.17) is 14.2 Å². The van der Waals surface area contributed by atoms with Gasteiger partial charge in [0.15, 0.2) is 0 Å². The Labute approximate surface area is 193 Å². The maximum absolute atomic E-state index is 13.0. The Balaban J connectivity index is 1.62. The van der Waals surface area contributed by atoms with Gasteiger partial charge in [0.2, 0.25) is 15.9 Å². The molecule has 2 aromatic carbocycles. The van der Waals surface area contributed by atoms with E-state index in [2.05, 4.69) is 4.72 Å². The summed E-state index contributed by atoms with van der Waals surface area (Å²) in [7, 11) is 0.906. The van der Waals surface area contributed by atoms with Crippen molar-refractivity contribution in [3.63, 3.8) is 0 Å². The molecule has 1 aliphatic rings. The molecule has 0 atom stereocenters. The Kier molecular flexibility index (Phi) is 7.93. The van der Waals surface area contributed by atoms with Gasteiger partial charge in [-0.3, -0.25) is 4.79 Å². The Hall–Kier alpha value is -3.11. The van der Waals surface area contributed by atoms with Crippen molar-refractivity contribution in [1.82, 2.24) is 9.62 Å². The molecule has 0 spiro atoms. The maximum Gasteiger partial charge on any atom is 0.240 e. The first-order valence-electron chi connectivity index (χ1n) is 10.3. The average molecular weight is 479 g/mol. The van der Waals surface area contributed by atoms with E-state index < -0.39 is 15.8 Å². The van der Waals surface area contributed by atoms with Crippen LogP contribution in [-0.4, -0.2) is 60.2 Å². The van der Waals surface area contributed by atoms with Gasteiger partial charge in [-0.2, -0.15) is 0 Å². The van der Waals surface area contributed by atoms with Crippen molar-refractivity contribution in [2.45, 2.75) is 17.7 Å². The third-order valence-corrected chi connectivity index (χ3v) is 6.83. The molecule has 8 nitrogen and oxygen atoms in total. The van der Waals surface area contributed by atoms with Crippen molar-refractivity contribution in [2.24, 2.45) is 0 Å². The first kappa shape index (κ1) is 24.5. The number of carbonyl (C=O) groups excluding carboxylic acids is 1. The molecule has 0 radical (unpaired) electrons. The van der Waals surface area contributed by atoms with Gasteiger partial charge in [-0.25, -0.2) is 17.5 Å². The highest BCUT2D eigenvalue weighted by Crippen LogP contribution is 2.40. The lowest BCUT2D eigenvalue weighted by Crippen LogP contribution is -2.37. The van der Waals surface area contributed by atoms with Crippen LogP contribution in [0.5, 0.6) is 17.2 Å². The quantitative estimate of drug-likeness (QED) is 0.596. The number of rotatable bonds is 9. The molecule has 1 N–H and O–H groups in total. The second-order valence-electron chi connectivity index (χ2n) is 7.33. The lowest BCUT2D eigenvalue weighted by molar-refractivity contribution is -0.130. The van der Waals surface area contributed by atoms with E-state index in [-0.39, 0.29) is 23.8 Å². The Bertz CT molecular complexity index is 1110. The number of benzene rings is 2. The zero-order chi connectivity index (χ0) is 24.0. The number of halogens is 1. The van der Waals surface area contributed by atoms with Crippen LogP contribution in [0.3, 0.4) is 0 Å². The summed E-state index contributed by atoms with van der Waals surface area (Å²) in [5.41, 5.74) is 1.81. The van der Waals surface area contributed by atoms with Gasteiger partial charge < -0.3 is 19.1 Å². The number of hydrogen-bond donors (Lipinski definition) is 1. The standard InChI is InChI=1S/C23H27FN2O6S/c1-30-18-14-20(31-2)23(21(15-18)32-3)16-9-12-26(13-10-16)22(27)8-11-25-33(28,29)19-6-4-17(24)5-7-19/h4-7,9,14-15,25H,8,10-13H2,1-3H3. The van der Waals surface area contributed by atoms with Crippen LogP contribution in [0.2, 0.25) is 0 Å². The third kappa shape index (κ3) is 5.82. The molecule has 2 aromatic rings. The number of carbonyl (C=O) groups is 1. The van der Waals surface area contributed by atoms with Crippen LogP contribution in [-0.2, 0) is 14.8 Å². The van der Waals surface area contributed by atoms with Gasteiger partial charge in [0.05, 0.1) is 31.8 Å². The molecule has 1 amide bonds. The van der Waals surface area contributed by atoms with Crippen molar-refractivity contribution in [1.29, 1.82) is 0 Å². The summed E-state index contributed by atoms with van der Waals surface area (Å²) in [4.78, 5) is 14.2. The highest BCUT2D eigenvalue weighted by molar-refractivity contribution is 7.89. The molecule has 0 aromatic heterocycles. The fourth-order valence-corrected chi connectivity index (χ4v) is 4.62. The van der Waals surface area contributed by atoms with Gasteiger partial charge in [-0.1, -0.05) is 6.08 Å². The van der Waals surface area contributed by atoms with Crippen molar-refractivity contribution in [3.05, 3.63) is 53.9 Å². The maximum atomic E-state index is 13.0. The van der Waals surface area contributed by atoms with Crippen LogP contribution in [0.4, 0.5) is 4.39 Å². The van der Waals surface area contributed by atoms with Crippen molar-refractivity contribution >= 4 is 21.5 Å². The van der Waals surface area contributed by atoms with Gasteiger partial charge in [0.1, 0.15) is 23.1 Å². The summed E-state index contributed by atoms with van der Waals surface area (Å²) in [6.07, 6.45) is 2.54. The van der Waals surface area contributed by atoms with E-state index >= 15 is 0 Å². The van der Waals surface area contributed by atoms with Crippen molar-refractivity contribution < 1.29 is 31.8 Å². The highest BCUT2D eigenvalue weighted by Gasteiger charge is 2.23. The van der Waals surface area contributed by atoms with Gasteiger partial charge in [0.25, 0.3) is 0 Å². The summed E-state index contributed by atoms with van der Waals surface area (Å²) in [6.45, 7) is 0.816. The number of nitrogens with one attached hydrogen (secondary N) is 1. The first-order valence-corrected chi connectivity index (χ1v) is 11.8. The second-order valence-corrected chi connectivity index (χ2v) is 9.09. The molecule has 0 bridgehead atoms. The smallest absolute Gasteiger partial charge is 0.240 e. The molecule has 0 saturated heterocycles. The van der Waals surface area contributed by atoms with E-state index in [9.17, 15) is 17.6 Å². The van der Waals surface area contributed by atoms with E-state index in [1.54, 1.807) is 38.4 Å². The van der Waals surface area contributed by atoms with Crippen LogP contribution >= 0.6 is 0 Å². The molecule has 10 heteroatoms. The Morgan fingerprint density at radius 1 is 1.06 bits per heavy atom. The van der Waals surface area contributed by atoms with Crippen LogP contribution in [0, 0.1) is 5.82 Å². The summed E-state index contributed by atoms with van der Waals surface area (Å²) >= 11 is 0. The van der Waals surface area contributed by atoms with E-state index in [0.717, 1.165) is 23.3 Å². The first-order chi connectivity index (χ1) is 15.8. The number of sulfonamides is 1. The van der Waals surface area contributed by atoms with Crippen molar-refractivity contribution in [2.75, 3.05) is 41.0 Å². The fraction of sp³-hybridized carbons (Fsp3) is 0.348. The lowest BCUT2D eigenvalue weighted by atomic mass is 9.97. The molecule has 33 heavy (non-hydrogen) atoms. The van der Waals surface area contributed by atoms with Crippen LogP contribution in [0.15, 0.2) is 47.4 Å². The Morgan fingerprint density at radius 3 is 2.21 bits per heavy atom. The molecule has 178 valence electrons. The summed E-state index contributed by atoms with van der Waals surface area (Å²) in [5.74, 6) is 1.16. The predicted molar refractivity (Wildman–Crippen MR) is 121 cm³/mol. The average Bonchev–Trinajstić information content (AvgIpc) is 2.83. The number of nitrogens with zero attached hydrogens (tertiary/aromatic N) is 1. The second kappa shape index (κ2) is 10.7. The predicted octanol–water partition coefficient (Wildman–Crippen LogP) is 2.84. The molecule has 1 heterocycles. The number of methoxy groups -OCH3 is 3. The van der Waals surface area contributed by atoms with Gasteiger partial charge >= 0.3 is 0 Å².